The van der Waals surface area contributed by atoms with Gasteiger partial charge in [0.2, 0.25) is 0 Å². The maximum absolute atomic E-state index is 12.3. The number of hydrogen-bond acceptors (Lipinski definition) is 3. The number of aryl methyl sites for hydroxylation is 1. The Kier molecular flexibility index (Phi) is 4.63. The van der Waals surface area contributed by atoms with Crippen LogP contribution in [0.2, 0.25) is 0 Å². The highest BCUT2D eigenvalue weighted by molar-refractivity contribution is 5.79. The second-order valence-electron chi connectivity index (χ2n) is 6.75. The summed E-state index contributed by atoms with van der Waals surface area (Å²) in [4.78, 5) is 14.2. The van der Waals surface area contributed by atoms with E-state index in [2.05, 4.69) is 46.4 Å². The fraction of sp³-hybridized carbons (Fsp3) is 0.526. The van der Waals surface area contributed by atoms with Crippen molar-refractivity contribution in [2.45, 2.75) is 31.6 Å². The van der Waals surface area contributed by atoms with E-state index in [-0.39, 0.29) is 6.03 Å². The van der Waals surface area contributed by atoms with E-state index in [0.717, 1.165) is 25.8 Å². The molecule has 0 bridgehead atoms. The topological polar surface area (TPSA) is 55.7 Å². The Morgan fingerprint density at radius 1 is 1.12 bits per heavy atom. The van der Waals surface area contributed by atoms with E-state index in [1.54, 1.807) is 0 Å². The number of amides is 2. The second-order valence-corrected chi connectivity index (χ2v) is 6.75. The van der Waals surface area contributed by atoms with Crippen molar-refractivity contribution < 1.29 is 14.3 Å². The average molecular weight is 343 g/mol. The molecule has 25 heavy (non-hydrogen) atoms. The third-order valence-electron chi connectivity index (χ3n) is 5.16. The van der Waals surface area contributed by atoms with Gasteiger partial charge < -0.3 is 24.3 Å². The largest absolute Gasteiger partial charge is 0.347 e. The molecule has 1 aromatic carbocycles. The number of likely N-dealkylation sites (tertiary alicyclic amines) is 1. The van der Waals surface area contributed by atoms with Crippen LogP contribution in [0.25, 0.3) is 10.9 Å². The number of ether oxygens (including phenoxy) is 2. The van der Waals surface area contributed by atoms with Gasteiger partial charge in [-0.3, -0.25) is 0 Å². The molecule has 2 fully saturated rings. The van der Waals surface area contributed by atoms with Crippen LogP contribution in [0.1, 0.15) is 19.3 Å². The van der Waals surface area contributed by atoms with Crippen LogP contribution in [0.5, 0.6) is 0 Å². The van der Waals surface area contributed by atoms with Crippen molar-refractivity contribution in [3.05, 3.63) is 36.5 Å². The Bertz CT molecular complexity index is 726. The number of hydrogen-bond donors (Lipinski definition) is 1. The zero-order valence-electron chi connectivity index (χ0n) is 14.4. The van der Waals surface area contributed by atoms with E-state index in [9.17, 15) is 4.79 Å². The van der Waals surface area contributed by atoms with E-state index in [0.29, 0.717) is 32.8 Å². The quantitative estimate of drug-likeness (QED) is 0.868. The van der Waals surface area contributed by atoms with E-state index in [4.69, 9.17) is 9.47 Å². The zero-order chi connectivity index (χ0) is 17.1. The molecule has 0 radical (unpaired) electrons. The summed E-state index contributed by atoms with van der Waals surface area (Å²) >= 11 is 0. The Morgan fingerprint density at radius 2 is 1.88 bits per heavy atom. The second kappa shape index (κ2) is 7.06. The van der Waals surface area contributed by atoms with Gasteiger partial charge in [0.25, 0.3) is 0 Å². The summed E-state index contributed by atoms with van der Waals surface area (Å²) in [5.41, 5.74) is 1.24. The number of para-hydroxylation sites is 1. The first-order valence-corrected chi connectivity index (χ1v) is 9.10. The lowest BCUT2D eigenvalue weighted by Crippen LogP contribution is -2.50. The summed E-state index contributed by atoms with van der Waals surface area (Å²) in [6, 6.07) is 10.5. The van der Waals surface area contributed by atoms with Crippen molar-refractivity contribution in [2.75, 3.05) is 32.8 Å². The first-order chi connectivity index (χ1) is 12.3. The molecule has 6 heteroatoms. The lowest BCUT2D eigenvalue weighted by atomic mass is 10.0. The fourth-order valence-electron chi connectivity index (χ4n) is 3.73. The van der Waals surface area contributed by atoms with E-state index in [1.165, 1.54) is 10.9 Å². The van der Waals surface area contributed by atoms with Gasteiger partial charge in [0.15, 0.2) is 5.79 Å². The van der Waals surface area contributed by atoms with Gasteiger partial charge in [-0.2, -0.15) is 0 Å². The minimum atomic E-state index is -0.424. The monoisotopic (exact) mass is 343 g/mol. The zero-order valence-corrected chi connectivity index (χ0v) is 14.4. The molecule has 2 amide bonds. The van der Waals surface area contributed by atoms with Gasteiger partial charge in [0.1, 0.15) is 0 Å². The van der Waals surface area contributed by atoms with Crippen molar-refractivity contribution >= 4 is 16.9 Å². The normalized spacial score (nSPS) is 19.6. The van der Waals surface area contributed by atoms with Gasteiger partial charge in [0, 0.05) is 50.7 Å². The van der Waals surface area contributed by atoms with E-state index < -0.39 is 5.79 Å². The van der Waals surface area contributed by atoms with Crippen LogP contribution in [0.3, 0.4) is 0 Å². The first-order valence-electron chi connectivity index (χ1n) is 9.10. The molecule has 0 aliphatic carbocycles. The highest BCUT2D eigenvalue weighted by Gasteiger charge is 2.40. The maximum Gasteiger partial charge on any atom is 0.317 e. The lowest BCUT2D eigenvalue weighted by molar-refractivity contribution is -0.181. The van der Waals surface area contributed by atoms with Crippen LogP contribution in [-0.2, 0) is 16.0 Å². The van der Waals surface area contributed by atoms with Gasteiger partial charge in [0.05, 0.1) is 13.2 Å². The predicted molar refractivity (Wildman–Crippen MR) is 95.4 cm³/mol. The fourth-order valence-corrected chi connectivity index (χ4v) is 3.73. The van der Waals surface area contributed by atoms with Crippen molar-refractivity contribution in [3.8, 4) is 0 Å². The standard InChI is InChI=1S/C19H25N3O3/c23-18(22-12-7-19(8-13-22)24-14-15-25-19)20-9-3-10-21-11-6-16-4-1-2-5-17(16)21/h1-2,4-6,11H,3,7-10,12-15H2,(H,20,23). The van der Waals surface area contributed by atoms with Crippen LogP contribution in [-0.4, -0.2) is 54.1 Å². The van der Waals surface area contributed by atoms with Gasteiger partial charge in [-0.15, -0.1) is 0 Å². The van der Waals surface area contributed by atoms with Gasteiger partial charge in [-0.1, -0.05) is 18.2 Å². The number of benzene rings is 1. The van der Waals surface area contributed by atoms with Crippen LogP contribution >= 0.6 is 0 Å². The summed E-state index contributed by atoms with van der Waals surface area (Å²) < 4.78 is 13.6. The first kappa shape index (κ1) is 16.4. The highest BCUT2D eigenvalue weighted by atomic mass is 16.7. The average Bonchev–Trinajstić information content (AvgIpc) is 3.27. The number of fused-ring (bicyclic) bond motifs is 1. The van der Waals surface area contributed by atoms with Crippen molar-refractivity contribution in [2.24, 2.45) is 0 Å². The molecule has 1 N–H and O–H groups in total. The van der Waals surface area contributed by atoms with Crippen LogP contribution < -0.4 is 5.32 Å². The van der Waals surface area contributed by atoms with Crippen molar-refractivity contribution in [3.63, 3.8) is 0 Å². The smallest absolute Gasteiger partial charge is 0.317 e. The van der Waals surface area contributed by atoms with Gasteiger partial charge in [-0.05, 0) is 23.9 Å². The summed E-state index contributed by atoms with van der Waals surface area (Å²) in [5.74, 6) is -0.424. The molecular weight excluding hydrogens is 318 g/mol. The molecule has 1 spiro atoms. The molecule has 4 rings (SSSR count). The van der Waals surface area contributed by atoms with Crippen LogP contribution in [0.15, 0.2) is 36.5 Å². The molecule has 0 atom stereocenters. The summed E-state index contributed by atoms with van der Waals surface area (Å²) in [5, 5.41) is 4.29. The Balaban J connectivity index is 1.20. The minimum absolute atomic E-state index is 0.0187. The Labute approximate surface area is 147 Å². The Hall–Kier alpha value is -2.05. The number of carbonyl (C=O) groups excluding carboxylic acids is 1. The molecule has 6 nitrogen and oxygen atoms in total. The summed E-state index contributed by atoms with van der Waals surface area (Å²) in [6.45, 7) is 4.29. The molecule has 2 saturated heterocycles. The third kappa shape index (κ3) is 3.50. The summed E-state index contributed by atoms with van der Waals surface area (Å²) in [6.07, 6.45) is 4.54. The molecular formula is C19H25N3O3. The van der Waals surface area contributed by atoms with E-state index >= 15 is 0 Å². The van der Waals surface area contributed by atoms with Crippen molar-refractivity contribution in [1.82, 2.24) is 14.8 Å². The lowest BCUT2D eigenvalue weighted by Gasteiger charge is -2.37. The number of nitrogens with zero attached hydrogens (tertiary/aromatic N) is 2. The molecule has 2 aliphatic rings. The predicted octanol–water partition coefficient (Wildman–Crippen LogP) is 2.58. The molecule has 2 aromatic rings. The third-order valence-corrected chi connectivity index (χ3v) is 5.16. The molecule has 2 aliphatic heterocycles. The molecule has 0 saturated carbocycles. The van der Waals surface area contributed by atoms with E-state index in [1.807, 2.05) is 4.90 Å². The maximum atomic E-state index is 12.3. The SMILES string of the molecule is O=C(NCCCn1ccc2ccccc21)N1CCC2(CC1)OCCO2. The number of nitrogens with one attached hydrogen (secondary N) is 1. The summed E-state index contributed by atoms with van der Waals surface area (Å²) in [7, 11) is 0. The Morgan fingerprint density at radius 3 is 2.68 bits per heavy atom. The molecule has 1 aromatic heterocycles. The highest BCUT2D eigenvalue weighted by Crippen LogP contribution is 2.31. The van der Waals surface area contributed by atoms with Crippen LogP contribution in [0.4, 0.5) is 4.79 Å². The number of rotatable bonds is 4. The number of urea groups is 1. The minimum Gasteiger partial charge on any atom is -0.347 e. The molecule has 134 valence electrons. The number of carbonyl (C=O) groups is 1. The number of piperidine rings is 1. The molecule has 0 unspecified atom stereocenters. The molecule has 3 heterocycles. The van der Waals surface area contributed by atoms with Gasteiger partial charge in [-0.25, -0.2) is 4.79 Å². The van der Waals surface area contributed by atoms with Crippen LogP contribution in [0, 0.1) is 0 Å². The number of aromatic nitrogens is 1. The van der Waals surface area contributed by atoms with Crippen molar-refractivity contribution in [1.29, 1.82) is 0 Å². The van der Waals surface area contributed by atoms with Gasteiger partial charge >= 0.3 is 6.03 Å².